The van der Waals surface area contributed by atoms with Gasteiger partial charge in [0.05, 0.1) is 6.26 Å². The number of likely N-dealkylation sites (tertiary alicyclic amines) is 1. The summed E-state index contributed by atoms with van der Waals surface area (Å²) < 4.78 is 5.11. The largest absolute Gasteiger partial charge is 0.497 e. The summed E-state index contributed by atoms with van der Waals surface area (Å²) in [4.78, 5) is 26.3. The molecule has 0 saturated carbocycles. The molecule has 1 atom stereocenters. The topological polar surface area (TPSA) is 66.8 Å². The lowest BCUT2D eigenvalue weighted by Crippen LogP contribution is -2.54. The van der Waals surface area contributed by atoms with Crippen molar-refractivity contribution in [3.05, 3.63) is 59.9 Å². The van der Waals surface area contributed by atoms with E-state index < -0.39 is 11.5 Å². The van der Waals surface area contributed by atoms with Gasteiger partial charge in [-0.25, -0.2) is 4.79 Å². The highest BCUT2D eigenvalue weighted by Crippen LogP contribution is 2.38. The van der Waals surface area contributed by atoms with Gasteiger partial charge in [0.2, 0.25) is 0 Å². The molecule has 1 amide bonds. The zero-order chi connectivity index (χ0) is 15.6. The normalized spacial score (nSPS) is 23.8. The van der Waals surface area contributed by atoms with Crippen LogP contribution in [0.1, 0.15) is 23.2 Å². The number of carboxylic acid groups (broad SMARTS) is 1. The van der Waals surface area contributed by atoms with Crippen LogP contribution in [0.2, 0.25) is 0 Å². The van der Waals surface area contributed by atoms with E-state index in [0.29, 0.717) is 37.1 Å². The highest BCUT2D eigenvalue weighted by molar-refractivity contribution is 6.00. The second-order valence-corrected chi connectivity index (χ2v) is 5.39. The number of carbonyl (C=O) groups excluding carboxylic acids is 1. The van der Waals surface area contributed by atoms with Crippen molar-refractivity contribution in [3.8, 4) is 0 Å². The number of benzene rings is 1. The van der Waals surface area contributed by atoms with Crippen molar-refractivity contribution in [1.29, 1.82) is 0 Å². The lowest BCUT2D eigenvalue weighted by molar-refractivity contribution is -0.146. The van der Waals surface area contributed by atoms with Crippen molar-refractivity contribution in [1.82, 2.24) is 4.90 Å². The van der Waals surface area contributed by atoms with Crippen molar-refractivity contribution < 1.29 is 19.4 Å². The molecule has 3 rings (SSSR count). The Kier molecular flexibility index (Phi) is 3.71. The van der Waals surface area contributed by atoms with Crippen molar-refractivity contribution in [2.45, 2.75) is 18.4 Å². The van der Waals surface area contributed by atoms with E-state index >= 15 is 0 Å². The molecule has 0 aromatic heterocycles. The van der Waals surface area contributed by atoms with Crippen LogP contribution in [0, 0.1) is 0 Å². The van der Waals surface area contributed by atoms with Crippen molar-refractivity contribution in [2.75, 3.05) is 13.2 Å². The summed E-state index contributed by atoms with van der Waals surface area (Å²) in [5, 5.41) is 9.87. The first-order valence-corrected chi connectivity index (χ1v) is 7.25. The summed E-state index contributed by atoms with van der Waals surface area (Å²) in [5.41, 5.74) is -0.174. The number of carboxylic acids is 1. The number of rotatable bonds is 3. The van der Waals surface area contributed by atoms with Crippen molar-refractivity contribution in [3.63, 3.8) is 0 Å². The Hall–Kier alpha value is -2.56. The van der Waals surface area contributed by atoms with E-state index in [1.54, 1.807) is 36.4 Å². The molecule has 1 aromatic carbocycles. The van der Waals surface area contributed by atoms with E-state index in [2.05, 4.69) is 0 Å². The average Bonchev–Trinajstić information content (AvgIpc) is 3.02. The first-order chi connectivity index (χ1) is 10.7. The number of hydrogen-bond acceptors (Lipinski definition) is 3. The molecule has 1 N–H and O–H groups in total. The minimum absolute atomic E-state index is 0.249. The second kappa shape index (κ2) is 5.67. The Bertz CT molecular complexity index is 650. The molecule has 114 valence electrons. The van der Waals surface area contributed by atoms with Gasteiger partial charge in [-0.1, -0.05) is 18.2 Å². The summed E-state index contributed by atoms with van der Waals surface area (Å²) in [6, 6.07) is 8.80. The molecule has 5 heteroatoms. The van der Waals surface area contributed by atoms with Gasteiger partial charge in [0.25, 0.3) is 5.91 Å². The molecule has 2 heterocycles. The molecule has 0 spiro atoms. The van der Waals surface area contributed by atoms with Gasteiger partial charge < -0.3 is 14.7 Å². The minimum Gasteiger partial charge on any atom is -0.497 e. The zero-order valence-electron chi connectivity index (χ0n) is 12.1. The van der Waals surface area contributed by atoms with Crippen molar-refractivity contribution >= 4 is 11.9 Å². The molecule has 1 aromatic rings. The molecule has 0 bridgehead atoms. The van der Waals surface area contributed by atoms with Gasteiger partial charge in [-0.2, -0.15) is 0 Å². The molecule has 5 nitrogen and oxygen atoms in total. The number of carbonyl (C=O) groups is 2. The van der Waals surface area contributed by atoms with Crippen LogP contribution in [0.25, 0.3) is 0 Å². The maximum Gasteiger partial charge on any atom is 0.334 e. The molecule has 22 heavy (non-hydrogen) atoms. The third kappa shape index (κ3) is 2.19. The predicted molar refractivity (Wildman–Crippen MR) is 80.3 cm³/mol. The molecule has 1 fully saturated rings. The first kappa shape index (κ1) is 14.4. The Labute approximate surface area is 128 Å². The zero-order valence-corrected chi connectivity index (χ0v) is 12.1. The third-order valence-corrected chi connectivity index (χ3v) is 4.22. The molecular weight excluding hydrogens is 282 g/mol. The maximum atomic E-state index is 12.8. The molecule has 2 aliphatic rings. The lowest BCUT2D eigenvalue weighted by Gasteiger charge is -2.36. The van der Waals surface area contributed by atoms with Crippen LogP contribution in [0.4, 0.5) is 0 Å². The molecular formula is C17H17NO4. The monoisotopic (exact) mass is 299 g/mol. The van der Waals surface area contributed by atoms with Gasteiger partial charge in [0.1, 0.15) is 6.61 Å². The van der Waals surface area contributed by atoms with Crippen LogP contribution in [-0.4, -0.2) is 40.6 Å². The van der Waals surface area contributed by atoms with E-state index in [-0.39, 0.29) is 5.91 Å². The second-order valence-electron chi connectivity index (χ2n) is 5.39. The van der Waals surface area contributed by atoms with Gasteiger partial charge in [0.15, 0.2) is 5.54 Å². The highest BCUT2D eigenvalue weighted by Gasteiger charge is 2.52. The summed E-state index contributed by atoms with van der Waals surface area (Å²) in [6.07, 6.45) is 5.95. The maximum absolute atomic E-state index is 12.8. The Morgan fingerprint density at radius 3 is 2.64 bits per heavy atom. The summed E-state index contributed by atoms with van der Waals surface area (Å²) in [6.45, 7) is 0.764. The quantitative estimate of drug-likeness (QED) is 0.929. The number of amides is 1. The van der Waals surface area contributed by atoms with Crippen LogP contribution in [0.15, 0.2) is 54.3 Å². The van der Waals surface area contributed by atoms with E-state index in [4.69, 9.17) is 4.74 Å². The fourth-order valence-corrected chi connectivity index (χ4v) is 3.17. The standard InChI is InChI=1S/C17H17NO4/c19-15(13-5-2-1-3-6-13)18-10-4-9-17(18,16(20)21)14-7-11-22-12-8-14/h1-3,5-8,11H,4,9-10,12H2,(H,20,21). The fraction of sp³-hybridized carbons (Fsp3) is 0.294. The molecule has 1 unspecified atom stereocenters. The lowest BCUT2D eigenvalue weighted by atomic mass is 9.85. The molecule has 1 saturated heterocycles. The van der Waals surface area contributed by atoms with Crippen LogP contribution in [0.3, 0.4) is 0 Å². The van der Waals surface area contributed by atoms with Crippen LogP contribution < -0.4 is 0 Å². The Morgan fingerprint density at radius 2 is 2.00 bits per heavy atom. The molecule has 0 radical (unpaired) electrons. The van der Waals surface area contributed by atoms with Crippen LogP contribution in [0.5, 0.6) is 0 Å². The molecule has 2 aliphatic heterocycles. The van der Waals surface area contributed by atoms with Crippen molar-refractivity contribution in [2.24, 2.45) is 0 Å². The summed E-state index contributed by atoms with van der Waals surface area (Å²) in [5.74, 6) is -1.24. The number of nitrogens with zero attached hydrogens (tertiary/aromatic N) is 1. The smallest absolute Gasteiger partial charge is 0.334 e. The van der Waals surface area contributed by atoms with Gasteiger partial charge in [0, 0.05) is 12.1 Å². The number of hydrogen-bond donors (Lipinski definition) is 1. The SMILES string of the molecule is O=C(c1ccccc1)N1CCCC1(C(=O)O)C1=CCOC=C1. The summed E-state index contributed by atoms with van der Waals surface area (Å²) in [7, 11) is 0. The fourth-order valence-electron chi connectivity index (χ4n) is 3.17. The average molecular weight is 299 g/mol. The van der Waals surface area contributed by atoms with Gasteiger partial charge >= 0.3 is 5.97 Å². The summed E-state index contributed by atoms with van der Waals surface area (Å²) >= 11 is 0. The van der Waals surface area contributed by atoms with Crippen LogP contribution in [-0.2, 0) is 9.53 Å². The van der Waals surface area contributed by atoms with E-state index in [1.807, 2.05) is 6.07 Å². The minimum atomic E-state index is -1.30. The highest BCUT2D eigenvalue weighted by atomic mass is 16.5. The Balaban J connectivity index is 2.02. The number of aliphatic carboxylic acids is 1. The van der Waals surface area contributed by atoms with Gasteiger partial charge in [-0.05, 0) is 42.7 Å². The van der Waals surface area contributed by atoms with Gasteiger partial charge in [-0.3, -0.25) is 4.79 Å². The predicted octanol–water partition coefficient (Wildman–Crippen LogP) is 2.22. The van der Waals surface area contributed by atoms with Gasteiger partial charge in [-0.15, -0.1) is 0 Å². The first-order valence-electron chi connectivity index (χ1n) is 7.25. The Morgan fingerprint density at radius 1 is 1.23 bits per heavy atom. The third-order valence-electron chi connectivity index (χ3n) is 4.22. The molecule has 0 aliphatic carbocycles. The number of ether oxygens (including phenoxy) is 1. The van der Waals surface area contributed by atoms with E-state index in [0.717, 1.165) is 0 Å². The van der Waals surface area contributed by atoms with Crippen LogP contribution >= 0.6 is 0 Å². The van der Waals surface area contributed by atoms with E-state index in [9.17, 15) is 14.7 Å². The van der Waals surface area contributed by atoms with E-state index in [1.165, 1.54) is 11.2 Å².